The molecule has 0 spiro atoms. The highest BCUT2D eigenvalue weighted by Gasteiger charge is 2.11. The third-order valence-electron chi connectivity index (χ3n) is 3.05. The third-order valence-corrected chi connectivity index (χ3v) is 3.24. The van der Waals surface area contributed by atoms with Crippen molar-refractivity contribution in [3.05, 3.63) is 54.1 Å². The Morgan fingerprint density at radius 1 is 1.19 bits per heavy atom. The van der Waals surface area contributed by atoms with Crippen molar-refractivity contribution in [1.29, 1.82) is 0 Å². The van der Waals surface area contributed by atoms with Crippen LogP contribution in [0.4, 0.5) is 5.69 Å². The number of nitrogens with one attached hydrogen (secondary N) is 2. The van der Waals surface area contributed by atoms with Gasteiger partial charge in [0.25, 0.3) is 0 Å². The average Bonchev–Trinajstić information content (AvgIpc) is 2.62. The number of para-hydroxylation sites is 2. The van der Waals surface area contributed by atoms with Crippen molar-refractivity contribution in [3.63, 3.8) is 0 Å². The quantitative estimate of drug-likeness (QED) is 0.372. The van der Waals surface area contributed by atoms with E-state index in [1.165, 1.54) is 6.21 Å². The second kappa shape index (κ2) is 10.00. The van der Waals surface area contributed by atoms with Crippen LogP contribution < -0.4 is 20.2 Å². The fourth-order valence-electron chi connectivity index (χ4n) is 2.03. The predicted molar refractivity (Wildman–Crippen MR) is 104 cm³/mol. The molecule has 0 heterocycles. The molecule has 0 fully saturated rings. The van der Waals surface area contributed by atoms with E-state index < -0.39 is 12.6 Å². The zero-order valence-electron chi connectivity index (χ0n) is 14.1. The van der Waals surface area contributed by atoms with Crippen LogP contribution in [0.25, 0.3) is 0 Å². The van der Waals surface area contributed by atoms with Gasteiger partial charge in [-0.1, -0.05) is 24.3 Å². The number of rotatable bonds is 8. The highest BCUT2D eigenvalue weighted by molar-refractivity contribution is 7.80. The van der Waals surface area contributed by atoms with Crippen molar-refractivity contribution in [1.82, 2.24) is 5.43 Å². The van der Waals surface area contributed by atoms with Gasteiger partial charge in [-0.05, 0) is 43.4 Å². The first kappa shape index (κ1) is 19.2. The molecule has 0 radical (unpaired) electrons. The molecule has 0 aliphatic carbocycles. The van der Waals surface area contributed by atoms with Crippen molar-refractivity contribution in [2.24, 2.45) is 5.10 Å². The van der Waals surface area contributed by atoms with Crippen molar-refractivity contribution in [2.45, 2.75) is 6.92 Å². The van der Waals surface area contributed by atoms with E-state index in [4.69, 9.17) is 26.8 Å². The zero-order valence-corrected chi connectivity index (χ0v) is 15.0. The Hall–Kier alpha value is -3.13. The number of hydrogen-bond donors (Lipinski definition) is 3. The number of carboxylic acids is 1. The van der Waals surface area contributed by atoms with Crippen LogP contribution in [0.1, 0.15) is 12.5 Å². The highest BCUT2D eigenvalue weighted by Crippen LogP contribution is 2.30. The van der Waals surface area contributed by atoms with E-state index >= 15 is 0 Å². The SMILES string of the molecule is CCOc1cccc(/C=N/NC(=S)Nc2ccccc2)c1OCC(=O)O. The molecule has 0 saturated heterocycles. The van der Waals surface area contributed by atoms with Gasteiger partial charge in [-0.15, -0.1) is 0 Å². The highest BCUT2D eigenvalue weighted by atomic mass is 32.1. The number of anilines is 1. The Balaban J connectivity index is 2.06. The standard InChI is InChI=1S/C18H19N3O4S/c1-2-24-15-10-6-7-13(17(15)25-12-16(22)23)11-19-21-18(26)20-14-8-4-3-5-9-14/h3-11H,2,12H2,1H3,(H,22,23)(H2,20,21,26)/b19-11+. The predicted octanol–water partition coefficient (Wildman–Crippen LogP) is 2.87. The van der Waals surface area contributed by atoms with Crippen molar-refractivity contribution >= 4 is 35.2 Å². The fraction of sp³-hybridized carbons (Fsp3) is 0.167. The molecule has 0 atom stereocenters. The summed E-state index contributed by atoms with van der Waals surface area (Å²) < 4.78 is 10.8. The Labute approximate surface area is 156 Å². The minimum atomic E-state index is -1.08. The van der Waals surface area contributed by atoms with Gasteiger partial charge in [0.05, 0.1) is 12.8 Å². The van der Waals surface area contributed by atoms with Gasteiger partial charge in [0.2, 0.25) is 0 Å². The van der Waals surface area contributed by atoms with Crippen LogP contribution in [-0.2, 0) is 4.79 Å². The largest absolute Gasteiger partial charge is 0.490 e. The molecule has 0 aliphatic rings. The van der Waals surface area contributed by atoms with Gasteiger partial charge in [-0.25, -0.2) is 4.79 Å². The number of carbonyl (C=O) groups is 1. The molecule has 0 amide bonds. The summed E-state index contributed by atoms with van der Waals surface area (Å²) in [6, 6.07) is 14.6. The van der Waals surface area contributed by atoms with E-state index in [1.807, 2.05) is 37.3 Å². The maximum atomic E-state index is 10.8. The van der Waals surface area contributed by atoms with Crippen LogP contribution in [0, 0.1) is 0 Å². The second-order valence-corrected chi connectivity index (χ2v) is 5.39. The van der Waals surface area contributed by atoms with Gasteiger partial charge < -0.3 is 19.9 Å². The molecule has 136 valence electrons. The second-order valence-electron chi connectivity index (χ2n) is 4.98. The summed E-state index contributed by atoms with van der Waals surface area (Å²) >= 11 is 5.17. The van der Waals surface area contributed by atoms with E-state index in [0.29, 0.717) is 28.8 Å². The number of benzene rings is 2. The van der Waals surface area contributed by atoms with Gasteiger partial charge >= 0.3 is 5.97 Å². The van der Waals surface area contributed by atoms with Crippen molar-refractivity contribution in [3.8, 4) is 11.5 Å². The Bertz CT molecular complexity index is 781. The molecule has 7 nitrogen and oxygen atoms in total. The molecule has 2 aromatic rings. The molecule has 0 bridgehead atoms. The topological polar surface area (TPSA) is 92.2 Å². The number of hydrogen-bond acceptors (Lipinski definition) is 5. The molecule has 8 heteroatoms. The summed E-state index contributed by atoms with van der Waals surface area (Å²) in [5.41, 5.74) is 4.10. The minimum absolute atomic E-state index is 0.309. The van der Waals surface area contributed by atoms with E-state index in [2.05, 4.69) is 15.8 Å². The van der Waals surface area contributed by atoms with Crippen LogP contribution >= 0.6 is 12.2 Å². The third kappa shape index (κ3) is 6.06. The van der Waals surface area contributed by atoms with E-state index in [0.717, 1.165) is 5.69 Å². The molecular weight excluding hydrogens is 354 g/mol. The maximum Gasteiger partial charge on any atom is 0.341 e. The minimum Gasteiger partial charge on any atom is -0.490 e. The van der Waals surface area contributed by atoms with Crippen LogP contribution in [0.5, 0.6) is 11.5 Å². The lowest BCUT2D eigenvalue weighted by molar-refractivity contribution is -0.139. The van der Waals surface area contributed by atoms with E-state index in [-0.39, 0.29) is 0 Å². The van der Waals surface area contributed by atoms with Gasteiger partial charge in [0.1, 0.15) is 0 Å². The first-order valence-electron chi connectivity index (χ1n) is 7.85. The number of hydrazone groups is 1. The van der Waals surface area contributed by atoms with Crippen LogP contribution in [-0.4, -0.2) is 35.6 Å². The molecule has 0 unspecified atom stereocenters. The monoisotopic (exact) mass is 373 g/mol. The Morgan fingerprint density at radius 2 is 1.96 bits per heavy atom. The average molecular weight is 373 g/mol. The van der Waals surface area contributed by atoms with Crippen LogP contribution in [0.15, 0.2) is 53.6 Å². The van der Waals surface area contributed by atoms with Gasteiger partial charge in [-0.2, -0.15) is 5.10 Å². The first-order chi connectivity index (χ1) is 12.6. The lowest BCUT2D eigenvalue weighted by atomic mass is 10.2. The molecule has 0 saturated carbocycles. The molecule has 2 aromatic carbocycles. The Kier molecular flexibility index (Phi) is 7.38. The number of nitrogens with zero attached hydrogens (tertiary/aromatic N) is 1. The summed E-state index contributed by atoms with van der Waals surface area (Å²) in [6.07, 6.45) is 1.48. The summed E-state index contributed by atoms with van der Waals surface area (Å²) in [5, 5.41) is 16.2. The van der Waals surface area contributed by atoms with E-state index in [1.54, 1.807) is 18.2 Å². The van der Waals surface area contributed by atoms with Crippen LogP contribution in [0.3, 0.4) is 0 Å². The Morgan fingerprint density at radius 3 is 2.65 bits per heavy atom. The molecule has 0 aliphatic heterocycles. The normalized spacial score (nSPS) is 10.3. The number of carboxylic acid groups (broad SMARTS) is 1. The fourth-order valence-corrected chi connectivity index (χ4v) is 2.20. The van der Waals surface area contributed by atoms with E-state index in [9.17, 15) is 4.79 Å². The van der Waals surface area contributed by atoms with Gasteiger partial charge in [0, 0.05) is 11.3 Å². The molecule has 0 aromatic heterocycles. The number of ether oxygens (including phenoxy) is 2. The van der Waals surface area contributed by atoms with Crippen molar-refractivity contribution in [2.75, 3.05) is 18.5 Å². The summed E-state index contributed by atoms with van der Waals surface area (Å²) in [4.78, 5) is 10.8. The number of aliphatic carboxylic acids is 1. The summed E-state index contributed by atoms with van der Waals surface area (Å²) in [5.74, 6) is -0.322. The lowest BCUT2D eigenvalue weighted by Gasteiger charge is -2.13. The smallest absolute Gasteiger partial charge is 0.341 e. The summed E-state index contributed by atoms with van der Waals surface area (Å²) in [7, 11) is 0. The molecule has 26 heavy (non-hydrogen) atoms. The van der Waals surface area contributed by atoms with Gasteiger partial charge in [-0.3, -0.25) is 5.43 Å². The lowest BCUT2D eigenvalue weighted by Crippen LogP contribution is -2.23. The molecular formula is C18H19N3O4S. The van der Waals surface area contributed by atoms with Gasteiger partial charge in [0.15, 0.2) is 23.2 Å². The molecule has 3 N–H and O–H groups in total. The van der Waals surface area contributed by atoms with Crippen LogP contribution in [0.2, 0.25) is 0 Å². The van der Waals surface area contributed by atoms with Crippen molar-refractivity contribution < 1.29 is 19.4 Å². The number of thiocarbonyl (C=S) groups is 1. The summed E-state index contributed by atoms with van der Waals surface area (Å²) in [6.45, 7) is 1.77. The molecule has 2 rings (SSSR count). The maximum absolute atomic E-state index is 10.8. The first-order valence-corrected chi connectivity index (χ1v) is 8.26. The zero-order chi connectivity index (χ0) is 18.8.